The molecule has 31 heavy (non-hydrogen) atoms. The number of nitrogens with one attached hydrogen (secondary N) is 2. The standard InChI is InChI=1S/C23H26N4O4/c1-16(2)31-20-11-10-18(13-21(20)30-3)23(29)26-25-22(28)12-9-17-14-24-27(15-17)19-7-5-4-6-8-19/h4-8,10-11,13-16H,9,12H2,1-3H3,(H,25,28)(H,26,29). The van der Waals surface area contributed by atoms with Crippen LogP contribution in [0.1, 0.15) is 36.2 Å². The fraction of sp³-hybridized carbons (Fsp3) is 0.261. The van der Waals surface area contributed by atoms with Crippen LogP contribution in [0, 0.1) is 0 Å². The van der Waals surface area contributed by atoms with E-state index in [1.807, 2.05) is 50.4 Å². The number of carbonyl (C=O) groups is 2. The molecule has 0 unspecified atom stereocenters. The van der Waals surface area contributed by atoms with Crippen LogP contribution in [0.15, 0.2) is 60.9 Å². The van der Waals surface area contributed by atoms with Crippen molar-refractivity contribution in [3.8, 4) is 17.2 Å². The molecule has 0 radical (unpaired) electrons. The summed E-state index contributed by atoms with van der Waals surface area (Å²) in [4.78, 5) is 24.5. The highest BCUT2D eigenvalue weighted by molar-refractivity contribution is 5.96. The van der Waals surface area contributed by atoms with Crippen molar-refractivity contribution in [2.75, 3.05) is 7.11 Å². The van der Waals surface area contributed by atoms with Gasteiger partial charge in [-0.2, -0.15) is 5.10 Å². The minimum absolute atomic E-state index is 0.0207. The number of benzene rings is 2. The van der Waals surface area contributed by atoms with Gasteiger partial charge in [0.15, 0.2) is 11.5 Å². The number of amides is 2. The third-order valence-electron chi connectivity index (χ3n) is 4.40. The Morgan fingerprint density at radius 1 is 1.06 bits per heavy atom. The molecule has 0 spiro atoms. The molecule has 2 N–H and O–H groups in total. The number of aryl methyl sites for hydroxylation is 1. The van der Waals surface area contributed by atoms with Crippen molar-refractivity contribution < 1.29 is 19.1 Å². The summed E-state index contributed by atoms with van der Waals surface area (Å²) in [6.45, 7) is 3.81. The highest BCUT2D eigenvalue weighted by atomic mass is 16.5. The number of carbonyl (C=O) groups excluding carboxylic acids is 2. The van der Waals surface area contributed by atoms with Crippen LogP contribution in [0.2, 0.25) is 0 Å². The van der Waals surface area contributed by atoms with Crippen LogP contribution in [-0.4, -0.2) is 34.8 Å². The number of rotatable bonds is 8. The summed E-state index contributed by atoms with van der Waals surface area (Å²) in [6, 6.07) is 14.6. The molecule has 0 saturated carbocycles. The summed E-state index contributed by atoms with van der Waals surface area (Å²) in [5.74, 6) is 0.254. The number of methoxy groups -OCH3 is 1. The van der Waals surface area contributed by atoms with Gasteiger partial charge in [0.25, 0.3) is 5.91 Å². The van der Waals surface area contributed by atoms with E-state index in [1.165, 1.54) is 7.11 Å². The molecule has 2 amide bonds. The SMILES string of the molecule is COc1cc(C(=O)NNC(=O)CCc2cnn(-c3ccccc3)c2)ccc1OC(C)C. The number of hydrogen-bond donors (Lipinski definition) is 2. The second-order valence-electron chi connectivity index (χ2n) is 7.16. The van der Waals surface area contributed by atoms with Crippen molar-refractivity contribution in [2.24, 2.45) is 0 Å². The highest BCUT2D eigenvalue weighted by Gasteiger charge is 2.13. The first-order valence-electron chi connectivity index (χ1n) is 9.99. The molecule has 8 heteroatoms. The molecular weight excluding hydrogens is 396 g/mol. The van der Waals surface area contributed by atoms with Gasteiger partial charge in [0.1, 0.15) is 0 Å². The molecule has 3 aromatic rings. The Morgan fingerprint density at radius 3 is 2.55 bits per heavy atom. The van der Waals surface area contributed by atoms with Crippen molar-refractivity contribution in [3.05, 3.63) is 72.1 Å². The number of para-hydroxylation sites is 1. The van der Waals surface area contributed by atoms with Gasteiger partial charge in [-0.1, -0.05) is 18.2 Å². The van der Waals surface area contributed by atoms with Crippen molar-refractivity contribution in [3.63, 3.8) is 0 Å². The van der Waals surface area contributed by atoms with Gasteiger partial charge in [-0.25, -0.2) is 4.68 Å². The topological polar surface area (TPSA) is 94.5 Å². The second-order valence-corrected chi connectivity index (χ2v) is 7.16. The Kier molecular flexibility index (Phi) is 7.26. The lowest BCUT2D eigenvalue weighted by molar-refractivity contribution is -0.121. The summed E-state index contributed by atoms with van der Waals surface area (Å²) in [7, 11) is 1.51. The van der Waals surface area contributed by atoms with Crippen LogP contribution in [0.3, 0.4) is 0 Å². The average Bonchev–Trinajstić information content (AvgIpc) is 3.25. The summed E-state index contributed by atoms with van der Waals surface area (Å²) < 4.78 is 12.7. The fourth-order valence-electron chi connectivity index (χ4n) is 2.89. The molecule has 0 aliphatic heterocycles. The predicted molar refractivity (Wildman–Crippen MR) is 116 cm³/mol. The van der Waals surface area contributed by atoms with Crippen molar-refractivity contribution in [1.82, 2.24) is 20.6 Å². The number of ether oxygens (including phenoxy) is 2. The summed E-state index contributed by atoms with van der Waals surface area (Å²) >= 11 is 0. The van der Waals surface area contributed by atoms with E-state index in [2.05, 4.69) is 16.0 Å². The van der Waals surface area contributed by atoms with Gasteiger partial charge in [0, 0.05) is 18.2 Å². The third kappa shape index (κ3) is 6.08. The normalized spacial score (nSPS) is 10.6. The molecule has 3 rings (SSSR count). The number of hydrazine groups is 1. The molecule has 0 saturated heterocycles. The summed E-state index contributed by atoms with van der Waals surface area (Å²) in [6.07, 6.45) is 4.31. The molecule has 1 heterocycles. The van der Waals surface area contributed by atoms with Gasteiger partial charge in [-0.15, -0.1) is 0 Å². The maximum atomic E-state index is 12.3. The van der Waals surface area contributed by atoms with Crippen LogP contribution in [0.25, 0.3) is 5.69 Å². The van der Waals surface area contributed by atoms with Gasteiger partial charge < -0.3 is 9.47 Å². The van der Waals surface area contributed by atoms with Crippen molar-refractivity contribution in [2.45, 2.75) is 32.8 Å². The largest absolute Gasteiger partial charge is 0.493 e. The van der Waals surface area contributed by atoms with E-state index in [0.29, 0.717) is 23.5 Å². The summed E-state index contributed by atoms with van der Waals surface area (Å²) in [5.41, 5.74) is 7.08. The number of aromatic nitrogens is 2. The lowest BCUT2D eigenvalue weighted by atomic mass is 10.2. The number of hydrogen-bond acceptors (Lipinski definition) is 5. The van der Waals surface area contributed by atoms with Gasteiger partial charge in [-0.3, -0.25) is 20.4 Å². The zero-order chi connectivity index (χ0) is 22.2. The first-order valence-corrected chi connectivity index (χ1v) is 9.99. The van der Waals surface area contributed by atoms with Crippen LogP contribution in [0.4, 0.5) is 0 Å². The summed E-state index contributed by atoms with van der Waals surface area (Å²) in [5, 5.41) is 4.31. The molecule has 0 aliphatic rings. The minimum atomic E-state index is -0.445. The molecule has 0 fully saturated rings. The first kappa shape index (κ1) is 21.9. The molecular formula is C23H26N4O4. The Balaban J connectivity index is 1.49. The zero-order valence-corrected chi connectivity index (χ0v) is 17.8. The molecule has 8 nitrogen and oxygen atoms in total. The van der Waals surface area contributed by atoms with Gasteiger partial charge in [-0.05, 0) is 56.2 Å². The van der Waals surface area contributed by atoms with Gasteiger partial charge >= 0.3 is 0 Å². The molecule has 162 valence electrons. The lowest BCUT2D eigenvalue weighted by Gasteiger charge is -2.14. The maximum absolute atomic E-state index is 12.3. The van der Waals surface area contributed by atoms with E-state index >= 15 is 0 Å². The van der Waals surface area contributed by atoms with Crippen molar-refractivity contribution >= 4 is 11.8 Å². The van der Waals surface area contributed by atoms with Gasteiger partial charge in [0.2, 0.25) is 5.91 Å². The molecule has 0 bridgehead atoms. The smallest absolute Gasteiger partial charge is 0.269 e. The van der Waals surface area contributed by atoms with Crippen LogP contribution in [0.5, 0.6) is 11.5 Å². The zero-order valence-electron chi connectivity index (χ0n) is 17.8. The molecule has 0 atom stereocenters. The Bertz CT molecular complexity index is 1030. The van der Waals surface area contributed by atoms with E-state index in [0.717, 1.165) is 11.3 Å². The van der Waals surface area contributed by atoms with E-state index in [-0.39, 0.29) is 18.4 Å². The maximum Gasteiger partial charge on any atom is 0.269 e. The Hall–Kier alpha value is -3.81. The first-order chi connectivity index (χ1) is 15.0. The van der Waals surface area contributed by atoms with Crippen molar-refractivity contribution in [1.29, 1.82) is 0 Å². The predicted octanol–water partition coefficient (Wildman–Crippen LogP) is 3.06. The molecule has 2 aromatic carbocycles. The Labute approximate surface area is 181 Å². The van der Waals surface area contributed by atoms with E-state index in [4.69, 9.17) is 9.47 Å². The Morgan fingerprint density at radius 2 is 1.84 bits per heavy atom. The van der Waals surface area contributed by atoms with Crippen LogP contribution >= 0.6 is 0 Å². The van der Waals surface area contributed by atoms with E-state index in [9.17, 15) is 9.59 Å². The van der Waals surface area contributed by atoms with E-state index in [1.54, 1.807) is 29.1 Å². The van der Waals surface area contributed by atoms with Crippen LogP contribution in [-0.2, 0) is 11.2 Å². The van der Waals surface area contributed by atoms with Gasteiger partial charge in [0.05, 0.1) is 25.1 Å². The number of nitrogens with zero attached hydrogens (tertiary/aromatic N) is 2. The van der Waals surface area contributed by atoms with Crippen LogP contribution < -0.4 is 20.3 Å². The van der Waals surface area contributed by atoms with E-state index < -0.39 is 5.91 Å². The third-order valence-corrected chi connectivity index (χ3v) is 4.40. The quantitative estimate of drug-likeness (QED) is 0.544. The second kappa shape index (κ2) is 10.3. The molecule has 0 aliphatic carbocycles. The monoisotopic (exact) mass is 422 g/mol. The lowest BCUT2D eigenvalue weighted by Crippen LogP contribution is -2.41. The fourth-order valence-corrected chi connectivity index (χ4v) is 2.89. The highest BCUT2D eigenvalue weighted by Crippen LogP contribution is 2.28. The molecule has 1 aromatic heterocycles. The average molecular weight is 422 g/mol. The minimum Gasteiger partial charge on any atom is -0.493 e.